The van der Waals surface area contributed by atoms with Crippen molar-refractivity contribution in [2.24, 2.45) is 0 Å². The third-order valence-corrected chi connectivity index (χ3v) is 3.87. The van der Waals surface area contributed by atoms with Gasteiger partial charge in [-0.15, -0.1) is 0 Å². The van der Waals surface area contributed by atoms with Crippen molar-refractivity contribution < 1.29 is 4.74 Å². The summed E-state index contributed by atoms with van der Waals surface area (Å²) < 4.78 is 5.89. The second-order valence-electron chi connectivity index (χ2n) is 5.81. The van der Waals surface area contributed by atoms with E-state index in [1.54, 1.807) is 0 Å². The van der Waals surface area contributed by atoms with E-state index in [4.69, 9.17) is 4.74 Å². The van der Waals surface area contributed by atoms with Crippen LogP contribution in [0.4, 0.5) is 0 Å². The Kier molecular flexibility index (Phi) is 7.13. The lowest BCUT2D eigenvalue weighted by Gasteiger charge is -2.32. The zero-order chi connectivity index (χ0) is 14.9. The van der Waals surface area contributed by atoms with Crippen molar-refractivity contribution in [3.05, 3.63) is 29.6 Å². The molecule has 0 saturated carbocycles. The quantitative estimate of drug-likeness (QED) is 0.799. The van der Waals surface area contributed by atoms with Gasteiger partial charge in [0.1, 0.15) is 0 Å². The van der Waals surface area contributed by atoms with E-state index in [9.17, 15) is 0 Å². The Morgan fingerprint density at radius 3 is 3.00 bits per heavy atom. The minimum atomic E-state index is 0.409. The van der Waals surface area contributed by atoms with Crippen molar-refractivity contribution in [3.8, 4) is 0 Å². The van der Waals surface area contributed by atoms with E-state index in [1.807, 2.05) is 6.20 Å². The van der Waals surface area contributed by atoms with Gasteiger partial charge in [-0.3, -0.25) is 9.88 Å². The van der Waals surface area contributed by atoms with Gasteiger partial charge < -0.3 is 10.1 Å². The van der Waals surface area contributed by atoms with Gasteiger partial charge in [0.05, 0.1) is 11.8 Å². The molecule has 1 unspecified atom stereocenters. The molecule has 4 heteroatoms. The molecule has 0 aliphatic carbocycles. The molecule has 0 amide bonds. The summed E-state index contributed by atoms with van der Waals surface area (Å²) in [6, 6.07) is 4.34. The molecule has 118 valence electrons. The van der Waals surface area contributed by atoms with Crippen molar-refractivity contribution >= 4 is 0 Å². The van der Waals surface area contributed by atoms with E-state index in [2.05, 4.69) is 41.2 Å². The van der Waals surface area contributed by atoms with E-state index in [0.717, 1.165) is 51.4 Å². The SMILES string of the molecule is CCCOC1CCCN(Cc2ccc(CNCC)cn2)C1. The van der Waals surface area contributed by atoms with Crippen molar-refractivity contribution in [2.45, 2.75) is 52.3 Å². The molecule has 1 fully saturated rings. The smallest absolute Gasteiger partial charge is 0.0702 e. The van der Waals surface area contributed by atoms with Crippen molar-refractivity contribution in [1.82, 2.24) is 15.2 Å². The Balaban J connectivity index is 1.80. The molecule has 1 N–H and O–H groups in total. The topological polar surface area (TPSA) is 37.4 Å². The summed E-state index contributed by atoms with van der Waals surface area (Å²) in [4.78, 5) is 7.06. The van der Waals surface area contributed by atoms with Crippen LogP contribution in [0, 0.1) is 0 Å². The van der Waals surface area contributed by atoms with Crippen LogP contribution in [0.5, 0.6) is 0 Å². The lowest BCUT2D eigenvalue weighted by Crippen LogP contribution is -2.39. The van der Waals surface area contributed by atoms with E-state index < -0.39 is 0 Å². The van der Waals surface area contributed by atoms with Gasteiger partial charge in [0.2, 0.25) is 0 Å². The van der Waals surface area contributed by atoms with Gasteiger partial charge in [-0.05, 0) is 44.0 Å². The van der Waals surface area contributed by atoms with Crippen LogP contribution in [0.2, 0.25) is 0 Å². The molecule has 2 rings (SSSR count). The lowest BCUT2D eigenvalue weighted by atomic mass is 10.1. The number of nitrogens with zero attached hydrogens (tertiary/aromatic N) is 2. The maximum Gasteiger partial charge on any atom is 0.0702 e. The number of aromatic nitrogens is 1. The first kappa shape index (κ1) is 16.4. The summed E-state index contributed by atoms with van der Waals surface area (Å²) >= 11 is 0. The maximum atomic E-state index is 5.89. The van der Waals surface area contributed by atoms with Crippen LogP contribution < -0.4 is 5.32 Å². The summed E-state index contributed by atoms with van der Waals surface area (Å²) in [6.45, 7) is 10.2. The second kappa shape index (κ2) is 9.13. The van der Waals surface area contributed by atoms with Crippen LogP contribution in [0.3, 0.4) is 0 Å². The zero-order valence-corrected chi connectivity index (χ0v) is 13.5. The van der Waals surface area contributed by atoms with Crippen molar-refractivity contribution in [1.29, 1.82) is 0 Å². The van der Waals surface area contributed by atoms with E-state index in [-0.39, 0.29) is 0 Å². The molecule has 1 aromatic rings. The maximum absolute atomic E-state index is 5.89. The summed E-state index contributed by atoms with van der Waals surface area (Å²) in [5.74, 6) is 0. The van der Waals surface area contributed by atoms with Crippen LogP contribution in [-0.4, -0.2) is 42.2 Å². The number of hydrogen-bond acceptors (Lipinski definition) is 4. The fraction of sp³-hybridized carbons (Fsp3) is 0.706. The minimum absolute atomic E-state index is 0.409. The number of ether oxygens (including phenoxy) is 1. The zero-order valence-electron chi connectivity index (χ0n) is 13.5. The first-order chi connectivity index (χ1) is 10.3. The van der Waals surface area contributed by atoms with E-state index in [1.165, 1.54) is 18.4 Å². The molecule has 2 heterocycles. The van der Waals surface area contributed by atoms with Crippen LogP contribution in [-0.2, 0) is 17.8 Å². The number of pyridine rings is 1. The number of likely N-dealkylation sites (tertiary alicyclic amines) is 1. The van der Waals surface area contributed by atoms with Gasteiger partial charge in [0, 0.05) is 32.4 Å². The highest BCUT2D eigenvalue weighted by Gasteiger charge is 2.20. The van der Waals surface area contributed by atoms with Gasteiger partial charge in [0.15, 0.2) is 0 Å². The standard InChI is InChI=1S/C17H29N3O/c1-3-10-21-17-6-5-9-20(14-17)13-16-8-7-15(12-19-16)11-18-4-2/h7-8,12,17-18H,3-6,9-11,13-14H2,1-2H3. The molecule has 1 atom stereocenters. The number of rotatable bonds is 8. The average Bonchev–Trinajstić information content (AvgIpc) is 2.53. The Labute approximate surface area is 128 Å². The second-order valence-corrected chi connectivity index (χ2v) is 5.81. The Bertz CT molecular complexity index is 394. The highest BCUT2D eigenvalue weighted by molar-refractivity contribution is 5.14. The monoisotopic (exact) mass is 291 g/mol. The molecular formula is C17H29N3O. The third-order valence-electron chi connectivity index (χ3n) is 3.87. The number of piperidine rings is 1. The Hall–Kier alpha value is -0.970. The molecule has 1 aliphatic heterocycles. The molecule has 1 aromatic heterocycles. The molecule has 1 aliphatic rings. The highest BCUT2D eigenvalue weighted by atomic mass is 16.5. The fourth-order valence-electron chi connectivity index (χ4n) is 2.73. The molecule has 21 heavy (non-hydrogen) atoms. The van der Waals surface area contributed by atoms with Gasteiger partial charge in [-0.1, -0.05) is 19.9 Å². The van der Waals surface area contributed by atoms with E-state index in [0.29, 0.717) is 6.10 Å². The molecular weight excluding hydrogens is 262 g/mol. The van der Waals surface area contributed by atoms with Gasteiger partial charge in [0.25, 0.3) is 0 Å². The number of hydrogen-bond donors (Lipinski definition) is 1. The van der Waals surface area contributed by atoms with Crippen LogP contribution >= 0.6 is 0 Å². The molecule has 0 spiro atoms. The molecule has 0 radical (unpaired) electrons. The van der Waals surface area contributed by atoms with Gasteiger partial charge in [-0.25, -0.2) is 0 Å². The van der Waals surface area contributed by atoms with Gasteiger partial charge in [-0.2, -0.15) is 0 Å². The summed E-state index contributed by atoms with van der Waals surface area (Å²) in [5, 5.41) is 3.32. The molecule has 1 saturated heterocycles. The van der Waals surface area contributed by atoms with Crippen molar-refractivity contribution in [2.75, 3.05) is 26.2 Å². The normalized spacial score (nSPS) is 19.8. The average molecular weight is 291 g/mol. The van der Waals surface area contributed by atoms with Crippen molar-refractivity contribution in [3.63, 3.8) is 0 Å². The molecule has 0 bridgehead atoms. The Morgan fingerprint density at radius 1 is 1.38 bits per heavy atom. The summed E-state index contributed by atoms with van der Waals surface area (Å²) in [5.41, 5.74) is 2.41. The molecule has 4 nitrogen and oxygen atoms in total. The summed E-state index contributed by atoms with van der Waals surface area (Å²) in [6.07, 6.45) is 5.93. The minimum Gasteiger partial charge on any atom is -0.377 e. The lowest BCUT2D eigenvalue weighted by molar-refractivity contribution is -0.00252. The van der Waals surface area contributed by atoms with Gasteiger partial charge >= 0.3 is 0 Å². The van der Waals surface area contributed by atoms with Crippen LogP contribution in [0.1, 0.15) is 44.4 Å². The largest absolute Gasteiger partial charge is 0.377 e. The first-order valence-electron chi connectivity index (χ1n) is 8.30. The Morgan fingerprint density at radius 2 is 2.29 bits per heavy atom. The third kappa shape index (κ3) is 5.73. The predicted octanol–water partition coefficient (Wildman–Crippen LogP) is 2.58. The number of nitrogens with one attached hydrogen (secondary N) is 1. The van der Waals surface area contributed by atoms with Crippen LogP contribution in [0.25, 0.3) is 0 Å². The summed E-state index contributed by atoms with van der Waals surface area (Å²) in [7, 11) is 0. The highest BCUT2D eigenvalue weighted by Crippen LogP contribution is 2.15. The van der Waals surface area contributed by atoms with Crippen LogP contribution in [0.15, 0.2) is 18.3 Å². The fourth-order valence-corrected chi connectivity index (χ4v) is 2.73. The molecule has 0 aromatic carbocycles. The predicted molar refractivity (Wildman–Crippen MR) is 86.2 cm³/mol. The first-order valence-corrected chi connectivity index (χ1v) is 8.30. The van der Waals surface area contributed by atoms with E-state index >= 15 is 0 Å².